The Balaban J connectivity index is 1.08. The summed E-state index contributed by atoms with van der Waals surface area (Å²) in [4.78, 5) is 71.2. The number of carbonyl (C=O) groups is 4. The number of fused-ring (bicyclic) bond motifs is 3. The second-order valence-corrected chi connectivity index (χ2v) is 15.4. The molecule has 7 rings (SSSR count). The van der Waals surface area contributed by atoms with Gasteiger partial charge in [-0.1, -0.05) is 64.1 Å². The Kier molecular flexibility index (Phi) is 11.0. The SMILES string of the molecule is COC(=O)NC(C(=O)N1CCC[C@H]1c1ncc(-c2ccc3c(ccc4cc(-c5cnc([C@@H]6CCCN6C(=O)[C@@H](NC(=O)OC)C(C)C)[nH]5)ccc43)c2)[nH]1)C(C)C. The first-order valence-electron chi connectivity index (χ1n) is 19.3. The lowest BCUT2D eigenvalue weighted by atomic mass is 9.97. The van der Waals surface area contributed by atoms with Crippen molar-refractivity contribution in [2.45, 2.75) is 77.5 Å². The van der Waals surface area contributed by atoms with Crippen molar-refractivity contribution in [3.05, 3.63) is 72.6 Å². The van der Waals surface area contributed by atoms with E-state index in [1.54, 1.807) is 0 Å². The number of benzene rings is 3. The average molecular weight is 763 g/mol. The molecule has 4 atom stereocenters. The molecule has 56 heavy (non-hydrogen) atoms. The minimum absolute atomic E-state index is 0.108. The lowest BCUT2D eigenvalue weighted by molar-refractivity contribution is -0.136. The van der Waals surface area contributed by atoms with Crippen molar-refractivity contribution in [1.82, 2.24) is 40.4 Å². The van der Waals surface area contributed by atoms with Crippen LogP contribution in [0.15, 0.2) is 60.9 Å². The Morgan fingerprint density at radius 2 is 1.07 bits per heavy atom. The van der Waals surface area contributed by atoms with Gasteiger partial charge in [-0.05, 0) is 71.2 Å². The lowest BCUT2D eigenvalue weighted by Gasteiger charge is -2.30. The molecular formula is C42H50N8O6. The van der Waals surface area contributed by atoms with Crippen molar-refractivity contribution >= 4 is 45.5 Å². The number of H-pyrrole nitrogens is 2. The highest BCUT2D eigenvalue weighted by atomic mass is 16.5. The van der Waals surface area contributed by atoms with E-state index >= 15 is 0 Å². The van der Waals surface area contributed by atoms with E-state index in [4.69, 9.17) is 19.4 Å². The van der Waals surface area contributed by atoms with Crippen molar-refractivity contribution in [2.24, 2.45) is 11.8 Å². The summed E-state index contributed by atoms with van der Waals surface area (Å²) in [6.07, 6.45) is 5.64. The molecule has 2 aliphatic rings. The summed E-state index contributed by atoms with van der Waals surface area (Å²) in [5.41, 5.74) is 3.70. The van der Waals surface area contributed by atoms with Crippen LogP contribution >= 0.6 is 0 Å². The number of imidazole rings is 2. The molecule has 14 nitrogen and oxygen atoms in total. The zero-order valence-electron chi connectivity index (χ0n) is 32.7. The summed E-state index contributed by atoms with van der Waals surface area (Å²) in [6.45, 7) is 8.79. The fourth-order valence-corrected chi connectivity index (χ4v) is 8.10. The minimum atomic E-state index is -0.692. The van der Waals surface area contributed by atoms with Crippen molar-refractivity contribution in [3.8, 4) is 22.5 Å². The number of aromatic amines is 2. The summed E-state index contributed by atoms with van der Waals surface area (Å²) in [7, 11) is 2.58. The predicted octanol–water partition coefficient (Wildman–Crippen LogP) is 6.86. The number of hydrogen-bond donors (Lipinski definition) is 4. The van der Waals surface area contributed by atoms with Gasteiger partial charge >= 0.3 is 12.2 Å². The first-order valence-corrected chi connectivity index (χ1v) is 19.3. The number of rotatable bonds is 10. The number of hydrogen-bond acceptors (Lipinski definition) is 8. The van der Waals surface area contributed by atoms with Gasteiger partial charge in [0.2, 0.25) is 11.8 Å². The van der Waals surface area contributed by atoms with Crippen molar-refractivity contribution in [1.29, 1.82) is 0 Å². The maximum Gasteiger partial charge on any atom is 0.407 e. The van der Waals surface area contributed by atoms with E-state index in [0.29, 0.717) is 13.1 Å². The number of likely N-dealkylation sites (tertiary alicyclic amines) is 2. The fourth-order valence-electron chi connectivity index (χ4n) is 8.10. The standard InChI is InChI=1S/C42H50N8O6/c1-23(2)35(47-41(53)55-5)39(51)49-17-7-9-33(49)37-43-21-31(45-37)27-13-15-29-25(19-27)11-12-26-20-28(14-16-30(26)29)32-22-44-38(46-32)34-10-8-18-50(34)40(52)36(24(3)4)48-42(54)56-6/h11-16,19-24,33-36H,7-10,17-18H2,1-6H3,(H,43,45)(H,44,46)(H,47,53)(H,48,54)/t33-,34-,35-,36?/m0/s1. The smallest absolute Gasteiger partial charge is 0.407 e. The van der Waals surface area contributed by atoms with E-state index in [0.717, 1.165) is 81.4 Å². The first kappa shape index (κ1) is 38.4. The van der Waals surface area contributed by atoms with Gasteiger partial charge in [0.15, 0.2) is 0 Å². The van der Waals surface area contributed by atoms with Gasteiger partial charge in [-0.2, -0.15) is 0 Å². The second kappa shape index (κ2) is 16.0. The third-order valence-electron chi connectivity index (χ3n) is 11.1. The number of alkyl carbamates (subject to hydrolysis) is 2. The number of carbonyl (C=O) groups excluding carboxylic acids is 4. The number of nitrogens with one attached hydrogen (secondary N) is 4. The molecule has 0 bridgehead atoms. The second-order valence-electron chi connectivity index (χ2n) is 15.4. The lowest BCUT2D eigenvalue weighted by Crippen LogP contribution is -2.51. The molecule has 2 saturated heterocycles. The molecular weight excluding hydrogens is 713 g/mol. The van der Waals surface area contributed by atoms with Crippen LogP contribution in [0, 0.1) is 11.8 Å². The molecule has 5 aromatic rings. The molecule has 4 N–H and O–H groups in total. The maximum absolute atomic E-state index is 13.6. The topological polar surface area (TPSA) is 175 Å². The van der Waals surface area contributed by atoms with Crippen LogP contribution in [0.4, 0.5) is 9.59 Å². The molecule has 2 aliphatic heterocycles. The maximum atomic E-state index is 13.6. The largest absolute Gasteiger partial charge is 0.453 e. The van der Waals surface area contributed by atoms with Gasteiger partial charge in [0.1, 0.15) is 23.7 Å². The average Bonchev–Trinajstić information content (AvgIpc) is 4.04. The van der Waals surface area contributed by atoms with E-state index in [9.17, 15) is 19.2 Å². The Labute approximate surface area is 325 Å². The van der Waals surface area contributed by atoms with E-state index in [2.05, 4.69) is 69.1 Å². The first-order chi connectivity index (χ1) is 27.0. The van der Waals surface area contributed by atoms with Gasteiger partial charge in [-0.25, -0.2) is 19.6 Å². The number of amides is 4. The molecule has 4 amide bonds. The monoisotopic (exact) mass is 762 g/mol. The van der Waals surface area contributed by atoms with Gasteiger partial charge in [-0.3, -0.25) is 9.59 Å². The zero-order chi connectivity index (χ0) is 39.7. The quantitative estimate of drug-likeness (QED) is 0.112. The summed E-state index contributed by atoms with van der Waals surface area (Å²) in [5, 5.41) is 9.81. The van der Waals surface area contributed by atoms with Crippen molar-refractivity contribution in [3.63, 3.8) is 0 Å². The zero-order valence-corrected chi connectivity index (χ0v) is 32.7. The Morgan fingerprint density at radius 3 is 1.45 bits per heavy atom. The molecule has 3 aromatic carbocycles. The Morgan fingerprint density at radius 1 is 0.661 bits per heavy atom. The highest BCUT2D eigenvalue weighted by Gasteiger charge is 2.39. The van der Waals surface area contributed by atoms with Crippen LogP contribution in [0.2, 0.25) is 0 Å². The van der Waals surface area contributed by atoms with E-state index in [1.807, 2.05) is 49.9 Å². The minimum Gasteiger partial charge on any atom is -0.453 e. The Bertz CT molecular complexity index is 2100. The van der Waals surface area contributed by atoms with Crippen molar-refractivity contribution in [2.75, 3.05) is 27.3 Å². The van der Waals surface area contributed by atoms with Crippen LogP contribution < -0.4 is 10.6 Å². The molecule has 0 radical (unpaired) electrons. The van der Waals surface area contributed by atoms with Crippen LogP contribution in [0.5, 0.6) is 0 Å². The third kappa shape index (κ3) is 7.52. The number of methoxy groups -OCH3 is 2. The normalized spacial score (nSPS) is 18.1. The van der Waals surface area contributed by atoms with Gasteiger partial charge < -0.3 is 39.9 Å². The summed E-state index contributed by atoms with van der Waals surface area (Å²) < 4.78 is 9.54. The van der Waals surface area contributed by atoms with E-state index < -0.39 is 24.3 Å². The Hall–Kier alpha value is -5.92. The summed E-state index contributed by atoms with van der Waals surface area (Å²) >= 11 is 0. The highest BCUT2D eigenvalue weighted by Crippen LogP contribution is 2.36. The summed E-state index contributed by atoms with van der Waals surface area (Å²) in [6, 6.07) is 15.1. The number of aromatic nitrogens is 4. The number of nitrogens with zero attached hydrogens (tertiary/aromatic N) is 4. The molecule has 2 fully saturated rings. The molecule has 14 heteroatoms. The molecule has 2 aromatic heterocycles. The van der Waals surface area contributed by atoms with E-state index in [1.165, 1.54) is 14.2 Å². The van der Waals surface area contributed by atoms with Crippen LogP contribution in [-0.4, -0.2) is 93.1 Å². The highest BCUT2D eigenvalue weighted by molar-refractivity contribution is 6.09. The third-order valence-corrected chi connectivity index (χ3v) is 11.1. The summed E-state index contributed by atoms with van der Waals surface area (Å²) in [5.74, 6) is 0.951. The van der Waals surface area contributed by atoms with Gasteiger partial charge in [-0.15, -0.1) is 0 Å². The van der Waals surface area contributed by atoms with Crippen LogP contribution in [0.3, 0.4) is 0 Å². The molecule has 1 unspecified atom stereocenters. The number of ether oxygens (including phenoxy) is 2. The molecule has 0 saturated carbocycles. The van der Waals surface area contributed by atoms with Crippen LogP contribution in [0.1, 0.15) is 77.1 Å². The fraction of sp³-hybridized carbons (Fsp3) is 0.429. The van der Waals surface area contributed by atoms with Gasteiger partial charge in [0, 0.05) is 24.2 Å². The predicted molar refractivity (Wildman–Crippen MR) is 212 cm³/mol. The van der Waals surface area contributed by atoms with Crippen LogP contribution in [0.25, 0.3) is 44.1 Å². The van der Waals surface area contributed by atoms with E-state index in [-0.39, 0.29) is 35.7 Å². The van der Waals surface area contributed by atoms with Gasteiger partial charge in [0.05, 0.1) is 50.1 Å². The molecule has 0 spiro atoms. The van der Waals surface area contributed by atoms with Crippen LogP contribution in [-0.2, 0) is 19.1 Å². The molecule has 294 valence electrons. The van der Waals surface area contributed by atoms with Gasteiger partial charge in [0.25, 0.3) is 0 Å². The molecule has 0 aliphatic carbocycles. The molecule has 4 heterocycles. The van der Waals surface area contributed by atoms with Crippen molar-refractivity contribution < 1.29 is 28.7 Å².